The van der Waals surface area contributed by atoms with Crippen molar-refractivity contribution in [1.29, 1.82) is 0 Å². The van der Waals surface area contributed by atoms with Crippen LogP contribution in [0, 0.1) is 0 Å². The van der Waals surface area contributed by atoms with E-state index in [1.165, 1.54) is 6.08 Å². The van der Waals surface area contributed by atoms with Gasteiger partial charge in [-0.05, 0) is 26.2 Å². The van der Waals surface area contributed by atoms with E-state index in [0.717, 1.165) is 44.9 Å². The minimum absolute atomic E-state index is 0.224. The van der Waals surface area contributed by atoms with Crippen LogP contribution in [0.15, 0.2) is 12.2 Å². The maximum atomic E-state index is 10.4. The average molecular weight is 344 g/mol. The Hall–Kier alpha value is -0.910. The highest BCUT2D eigenvalue weighted by atomic mass is 16.4. The number of aliphatic carboxylic acids is 1. The van der Waals surface area contributed by atoms with Crippen LogP contribution < -0.4 is 0 Å². The van der Waals surface area contributed by atoms with Crippen LogP contribution in [0.1, 0.15) is 84.5 Å². The van der Waals surface area contributed by atoms with Gasteiger partial charge in [-0.25, -0.2) is 0 Å². The molecule has 0 aromatic rings. The molecule has 0 unspecified atom stereocenters. The molecular weight excluding hydrogens is 308 g/mol. The van der Waals surface area contributed by atoms with Crippen LogP contribution in [0.4, 0.5) is 0 Å². The summed E-state index contributed by atoms with van der Waals surface area (Å²) in [6, 6.07) is 0. The minimum atomic E-state index is -1.16. The van der Waals surface area contributed by atoms with Gasteiger partial charge >= 0.3 is 5.97 Å². The van der Waals surface area contributed by atoms with Gasteiger partial charge in [-0.2, -0.15) is 0 Å². The molecule has 142 valence electrons. The first-order valence-corrected chi connectivity index (χ1v) is 9.28. The molecule has 24 heavy (non-hydrogen) atoms. The third kappa shape index (κ3) is 12.5. The molecule has 0 aromatic heterocycles. The van der Waals surface area contributed by atoms with Crippen LogP contribution >= 0.6 is 0 Å². The summed E-state index contributed by atoms with van der Waals surface area (Å²) in [5.41, 5.74) is -1.16. The first-order valence-electron chi connectivity index (χ1n) is 9.28. The summed E-state index contributed by atoms with van der Waals surface area (Å²) >= 11 is 0. The highest BCUT2D eigenvalue weighted by Gasteiger charge is 2.27. The largest absolute Gasteiger partial charge is 0.481 e. The van der Waals surface area contributed by atoms with Gasteiger partial charge in [0.15, 0.2) is 0 Å². The molecule has 0 aliphatic carbocycles. The van der Waals surface area contributed by atoms with E-state index in [1.54, 1.807) is 13.0 Å². The van der Waals surface area contributed by atoms with Crippen molar-refractivity contribution in [2.24, 2.45) is 0 Å². The number of carboxylic acids is 1. The highest BCUT2D eigenvalue weighted by Crippen LogP contribution is 2.20. The molecule has 0 radical (unpaired) electrons. The zero-order chi connectivity index (χ0) is 18.4. The van der Waals surface area contributed by atoms with Gasteiger partial charge in [-0.15, -0.1) is 0 Å². The van der Waals surface area contributed by atoms with Crippen LogP contribution in [0.3, 0.4) is 0 Å². The summed E-state index contributed by atoms with van der Waals surface area (Å²) < 4.78 is 0. The van der Waals surface area contributed by atoms with E-state index < -0.39 is 23.8 Å². The summed E-state index contributed by atoms with van der Waals surface area (Å²) in [6.45, 7) is 3.72. The Morgan fingerprint density at radius 1 is 1.00 bits per heavy atom. The molecule has 0 fully saturated rings. The van der Waals surface area contributed by atoms with E-state index in [0.29, 0.717) is 19.3 Å². The van der Waals surface area contributed by atoms with E-state index in [9.17, 15) is 20.1 Å². The number of aliphatic hydroxyl groups is 3. The second-order valence-electron chi connectivity index (χ2n) is 6.91. The van der Waals surface area contributed by atoms with Crippen molar-refractivity contribution in [1.82, 2.24) is 0 Å². The predicted molar refractivity (Wildman–Crippen MR) is 95.9 cm³/mol. The SMILES string of the molecule is CCCCC[C@](C)(O)[C@H](O)/C=C/[C@@H](O)CCCCCCCC(=O)O. The van der Waals surface area contributed by atoms with Crippen molar-refractivity contribution in [2.75, 3.05) is 0 Å². The van der Waals surface area contributed by atoms with Crippen molar-refractivity contribution in [3.63, 3.8) is 0 Å². The first kappa shape index (κ1) is 23.1. The second kappa shape index (κ2) is 13.4. The first-order chi connectivity index (χ1) is 11.3. The Bertz CT molecular complexity index is 352. The van der Waals surface area contributed by atoms with E-state index in [4.69, 9.17) is 5.11 Å². The van der Waals surface area contributed by atoms with E-state index >= 15 is 0 Å². The number of unbranched alkanes of at least 4 members (excludes halogenated alkanes) is 6. The van der Waals surface area contributed by atoms with Gasteiger partial charge in [0.2, 0.25) is 0 Å². The number of hydrogen-bond donors (Lipinski definition) is 4. The van der Waals surface area contributed by atoms with Crippen molar-refractivity contribution < 1.29 is 25.2 Å². The molecule has 4 N–H and O–H groups in total. The van der Waals surface area contributed by atoms with Crippen LogP contribution in [-0.2, 0) is 4.79 Å². The summed E-state index contributed by atoms with van der Waals surface area (Å²) in [5.74, 6) is -0.750. The molecule has 5 nitrogen and oxygen atoms in total. The third-order valence-electron chi connectivity index (χ3n) is 4.33. The molecule has 0 saturated heterocycles. The predicted octanol–water partition coefficient (Wildman–Crippen LogP) is 3.41. The molecule has 0 bridgehead atoms. The van der Waals surface area contributed by atoms with Gasteiger partial charge in [0, 0.05) is 6.42 Å². The standard InChI is InChI=1S/C19H36O5/c1-3-4-10-15-19(2,24)17(21)14-13-16(20)11-8-6-5-7-9-12-18(22)23/h13-14,16-17,20-21,24H,3-12,15H2,1-2H3,(H,22,23)/b14-13+/t16-,17+,19-/m0/s1. The van der Waals surface area contributed by atoms with Crippen molar-refractivity contribution >= 4 is 5.97 Å². The molecule has 0 heterocycles. The smallest absolute Gasteiger partial charge is 0.303 e. The van der Waals surface area contributed by atoms with Crippen LogP contribution in [0.25, 0.3) is 0 Å². The van der Waals surface area contributed by atoms with Gasteiger partial charge in [-0.3, -0.25) is 4.79 Å². The number of rotatable bonds is 15. The van der Waals surface area contributed by atoms with Gasteiger partial charge < -0.3 is 20.4 Å². The Kier molecular flexibility index (Phi) is 12.9. The topological polar surface area (TPSA) is 98.0 Å². The summed E-state index contributed by atoms with van der Waals surface area (Å²) in [4.78, 5) is 10.4. The Labute approximate surface area is 146 Å². The lowest BCUT2D eigenvalue weighted by Crippen LogP contribution is -2.38. The lowest BCUT2D eigenvalue weighted by molar-refractivity contribution is -0.137. The molecule has 0 aliphatic rings. The van der Waals surface area contributed by atoms with Crippen molar-refractivity contribution in [2.45, 2.75) is 102 Å². The zero-order valence-corrected chi connectivity index (χ0v) is 15.3. The molecule has 0 amide bonds. The molecule has 0 rings (SSSR count). The summed E-state index contributed by atoms with van der Waals surface area (Å²) in [5, 5.41) is 38.7. The molecule has 3 atom stereocenters. The number of aliphatic hydroxyl groups excluding tert-OH is 2. The fraction of sp³-hybridized carbons (Fsp3) is 0.842. The number of carbonyl (C=O) groups is 1. The molecule has 0 aromatic carbocycles. The normalized spacial score (nSPS) is 16.9. The van der Waals surface area contributed by atoms with Gasteiger partial charge in [0.25, 0.3) is 0 Å². The van der Waals surface area contributed by atoms with Crippen LogP contribution in [0.2, 0.25) is 0 Å². The van der Waals surface area contributed by atoms with Crippen LogP contribution in [-0.4, -0.2) is 44.2 Å². The highest BCUT2D eigenvalue weighted by molar-refractivity contribution is 5.66. The molecular formula is C19H36O5. The Morgan fingerprint density at radius 2 is 1.62 bits per heavy atom. The minimum Gasteiger partial charge on any atom is -0.481 e. The fourth-order valence-corrected chi connectivity index (χ4v) is 2.58. The van der Waals surface area contributed by atoms with Gasteiger partial charge in [0.1, 0.15) is 6.10 Å². The lowest BCUT2D eigenvalue weighted by atomic mass is 9.91. The number of carboxylic acid groups (broad SMARTS) is 1. The van der Waals surface area contributed by atoms with Crippen LogP contribution in [0.5, 0.6) is 0 Å². The molecule has 0 saturated carbocycles. The monoisotopic (exact) mass is 344 g/mol. The Balaban J connectivity index is 3.86. The van der Waals surface area contributed by atoms with Crippen molar-refractivity contribution in [3.8, 4) is 0 Å². The van der Waals surface area contributed by atoms with E-state index in [-0.39, 0.29) is 6.42 Å². The van der Waals surface area contributed by atoms with Crippen molar-refractivity contribution in [3.05, 3.63) is 12.2 Å². The summed E-state index contributed by atoms with van der Waals surface area (Å²) in [7, 11) is 0. The number of hydrogen-bond acceptors (Lipinski definition) is 4. The fourth-order valence-electron chi connectivity index (χ4n) is 2.58. The maximum absolute atomic E-state index is 10.4. The average Bonchev–Trinajstić information content (AvgIpc) is 2.51. The lowest BCUT2D eigenvalue weighted by Gasteiger charge is -2.27. The van der Waals surface area contributed by atoms with E-state index in [1.807, 2.05) is 0 Å². The molecule has 0 aliphatic heterocycles. The summed E-state index contributed by atoms with van der Waals surface area (Å²) in [6.07, 6.45) is 10.2. The molecule has 0 spiro atoms. The zero-order valence-electron chi connectivity index (χ0n) is 15.3. The quantitative estimate of drug-likeness (QED) is 0.270. The third-order valence-corrected chi connectivity index (χ3v) is 4.33. The maximum Gasteiger partial charge on any atom is 0.303 e. The van der Waals surface area contributed by atoms with E-state index in [2.05, 4.69) is 6.92 Å². The second-order valence-corrected chi connectivity index (χ2v) is 6.91. The van der Waals surface area contributed by atoms with Gasteiger partial charge in [-0.1, -0.05) is 64.0 Å². The Morgan fingerprint density at radius 3 is 2.25 bits per heavy atom. The van der Waals surface area contributed by atoms with Gasteiger partial charge in [0.05, 0.1) is 11.7 Å². The molecule has 5 heteroatoms.